The van der Waals surface area contributed by atoms with Crippen LogP contribution < -0.4 is 0 Å². The first-order chi connectivity index (χ1) is 30.8. The fourth-order valence-electron chi connectivity index (χ4n) is 5.04. The van der Waals surface area contributed by atoms with E-state index in [-0.39, 0.29) is 12.8 Å². The van der Waals surface area contributed by atoms with Gasteiger partial charge in [0.15, 0.2) is 6.10 Å². The average Bonchev–Trinajstić information content (AvgIpc) is 3.25. The Hall–Kier alpha value is -3.52. The van der Waals surface area contributed by atoms with E-state index >= 15 is 0 Å². The number of unbranched alkanes of at least 4 members (excludes halogenated alkanes) is 4. The average molecular weight is 939 g/mol. The van der Waals surface area contributed by atoms with Crippen molar-refractivity contribution in [3.63, 3.8) is 0 Å². The number of phosphoric acid groups is 2. The highest BCUT2D eigenvalue weighted by molar-refractivity contribution is 7.47. The van der Waals surface area contributed by atoms with Crippen LogP contribution in [0.1, 0.15) is 123 Å². The zero-order valence-corrected chi connectivity index (χ0v) is 39.7. The van der Waals surface area contributed by atoms with Gasteiger partial charge in [-0.1, -0.05) is 148 Å². The first kappa shape index (κ1) is 60.5. The minimum atomic E-state index is -4.89. The Morgan fingerprint density at radius 1 is 0.531 bits per heavy atom. The number of carbonyl (C=O) groups is 2. The van der Waals surface area contributed by atoms with Gasteiger partial charge < -0.3 is 34.4 Å². The van der Waals surface area contributed by atoms with Crippen LogP contribution in [0.4, 0.5) is 0 Å². The zero-order valence-electron chi connectivity index (χ0n) is 37.9. The van der Waals surface area contributed by atoms with E-state index in [9.17, 15) is 33.8 Å². The number of ether oxygens (including phenoxy) is 2. The highest BCUT2D eigenvalue weighted by Crippen LogP contribution is 2.43. The maximum Gasteiger partial charge on any atom is 0.472 e. The molecule has 0 aliphatic rings. The lowest BCUT2D eigenvalue weighted by Gasteiger charge is -2.20. The van der Waals surface area contributed by atoms with Gasteiger partial charge >= 0.3 is 27.6 Å². The molecule has 0 amide bonds. The van der Waals surface area contributed by atoms with Crippen molar-refractivity contribution in [2.24, 2.45) is 0 Å². The molecule has 0 aromatic rings. The third kappa shape index (κ3) is 45.1. The number of hydrogen-bond acceptors (Lipinski definition) is 11. The third-order valence-corrected chi connectivity index (χ3v) is 9.85. The smallest absolute Gasteiger partial charge is 0.462 e. The molecule has 0 saturated heterocycles. The number of aliphatic hydroxyl groups excluding tert-OH is 2. The molecule has 0 aliphatic heterocycles. The number of hydrogen-bond donors (Lipinski definition) is 5. The molecule has 0 heterocycles. The van der Waals surface area contributed by atoms with Crippen LogP contribution in [0.2, 0.25) is 0 Å². The molecular formula is C48H76O14P2. The number of carbonyl (C=O) groups excluding carboxylic acids is 2. The number of esters is 2. The van der Waals surface area contributed by atoms with E-state index in [1.807, 2.05) is 24.3 Å². The molecule has 362 valence electrons. The van der Waals surface area contributed by atoms with Crippen LogP contribution in [-0.2, 0) is 41.8 Å². The number of phosphoric ester groups is 2. The standard InChI is InChI=1S/C48H76O14P2/c1-3-5-7-9-11-13-15-17-18-19-20-22-24-26-28-30-34-39-48(52)62-46(43-61-64(56,57)60-41-45(50)40-59-63(53,54)55)42-58-47(51)38-35-31-33-37-44(49)36-32-29-27-25-23-21-16-14-12-10-8-6-4-2/h6,8,11-14,17-18,20-23,26-29,31-33,36,44-46,49-50H,3-5,7,9-10,15-16,19,24-25,30,34-35,37-43H2,1-2H3,(H,56,57)(H2,53,54,55)/b8-6-,13-11-,14-12-,18-17-,22-20-,23-21-,28-26-,29-27-,33-31-,36-32-/t44?,45-,46+/m0/s1. The highest BCUT2D eigenvalue weighted by Gasteiger charge is 2.28. The predicted octanol–water partition coefficient (Wildman–Crippen LogP) is 10.6. The van der Waals surface area contributed by atoms with E-state index in [0.29, 0.717) is 25.7 Å². The molecule has 0 saturated carbocycles. The summed E-state index contributed by atoms with van der Waals surface area (Å²) in [4.78, 5) is 52.7. The highest BCUT2D eigenvalue weighted by atomic mass is 31.2. The Labute approximate surface area is 382 Å². The van der Waals surface area contributed by atoms with Crippen LogP contribution in [0.25, 0.3) is 0 Å². The molecule has 14 nitrogen and oxygen atoms in total. The second-order valence-electron chi connectivity index (χ2n) is 14.4. The van der Waals surface area contributed by atoms with Crippen molar-refractivity contribution >= 4 is 27.6 Å². The SMILES string of the molecule is CC/C=C\C/C=C\C/C=C\C/C=C\C=C/C(O)C/C=C\CCC(=O)OC[C@H](COP(=O)(O)OC[C@@H](O)COP(=O)(O)O)OC(=O)CCC/C=C\C/C=C\C/C=C\C/C=C\CCCCC. The lowest BCUT2D eigenvalue weighted by Crippen LogP contribution is -2.29. The fourth-order valence-corrected chi connectivity index (χ4v) is 6.19. The largest absolute Gasteiger partial charge is 0.472 e. The van der Waals surface area contributed by atoms with Gasteiger partial charge in [-0.05, 0) is 83.5 Å². The monoisotopic (exact) mass is 938 g/mol. The zero-order chi connectivity index (χ0) is 47.4. The van der Waals surface area contributed by atoms with Crippen LogP contribution >= 0.6 is 15.6 Å². The Morgan fingerprint density at radius 2 is 1.05 bits per heavy atom. The summed E-state index contributed by atoms with van der Waals surface area (Å²) in [6, 6.07) is 0. The van der Waals surface area contributed by atoms with Crippen LogP contribution in [0.5, 0.6) is 0 Å². The van der Waals surface area contributed by atoms with Crippen molar-refractivity contribution in [1.82, 2.24) is 0 Å². The topological polar surface area (TPSA) is 216 Å². The van der Waals surface area contributed by atoms with Crippen LogP contribution in [-0.4, -0.2) is 81.6 Å². The summed E-state index contributed by atoms with van der Waals surface area (Å²) in [5.41, 5.74) is 0. The second kappa shape index (κ2) is 42.1. The third-order valence-electron chi connectivity index (χ3n) is 8.42. The minimum Gasteiger partial charge on any atom is -0.462 e. The first-order valence-electron chi connectivity index (χ1n) is 22.3. The lowest BCUT2D eigenvalue weighted by molar-refractivity contribution is -0.161. The molecule has 4 atom stereocenters. The van der Waals surface area contributed by atoms with Crippen LogP contribution in [0.15, 0.2) is 122 Å². The molecule has 2 unspecified atom stereocenters. The molecule has 0 rings (SSSR count). The minimum absolute atomic E-state index is 0.0107. The van der Waals surface area contributed by atoms with Gasteiger partial charge in [-0.3, -0.25) is 23.2 Å². The number of rotatable bonds is 40. The van der Waals surface area contributed by atoms with Gasteiger partial charge in [0, 0.05) is 12.8 Å². The normalized spacial score (nSPS) is 15.5. The molecule has 0 aromatic heterocycles. The predicted molar refractivity (Wildman–Crippen MR) is 254 cm³/mol. The molecule has 0 aromatic carbocycles. The molecular weight excluding hydrogens is 862 g/mol. The summed E-state index contributed by atoms with van der Waals surface area (Å²) in [5, 5.41) is 20.0. The van der Waals surface area contributed by atoms with Gasteiger partial charge in [0.05, 0.1) is 25.9 Å². The van der Waals surface area contributed by atoms with E-state index < -0.39 is 72.3 Å². The maximum atomic E-state index is 12.7. The summed E-state index contributed by atoms with van der Waals surface area (Å²) < 4.78 is 47.6. The molecule has 5 N–H and O–H groups in total. The van der Waals surface area contributed by atoms with Crippen molar-refractivity contribution in [3.8, 4) is 0 Å². The summed E-state index contributed by atoms with van der Waals surface area (Å²) in [6.45, 7) is 1.33. The Bertz CT molecular complexity index is 1600. The summed E-state index contributed by atoms with van der Waals surface area (Å²) in [5.74, 6) is -1.29. The van der Waals surface area contributed by atoms with Crippen molar-refractivity contribution in [2.45, 2.75) is 141 Å². The van der Waals surface area contributed by atoms with Gasteiger partial charge in [0.1, 0.15) is 12.7 Å². The van der Waals surface area contributed by atoms with Crippen molar-refractivity contribution in [1.29, 1.82) is 0 Å². The second-order valence-corrected chi connectivity index (χ2v) is 17.1. The molecule has 0 radical (unpaired) electrons. The quantitative estimate of drug-likeness (QED) is 0.0127. The van der Waals surface area contributed by atoms with Crippen LogP contribution in [0.3, 0.4) is 0 Å². The Kier molecular flexibility index (Phi) is 39.8. The number of allylic oxidation sites excluding steroid dienone is 18. The molecule has 0 bridgehead atoms. The van der Waals surface area contributed by atoms with Crippen LogP contribution in [0, 0.1) is 0 Å². The van der Waals surface area contributed by atoms with Gasteiger partial charge in [-0.15, -0.1) is 0 Å². The van der Waals surface area contributed by atoms with E-state index in [0.717, 1.165) is 51.4 Å². The van der Waals surface area contributed by atoms with Gasteiger partial charge in [0.25, 0.3) is 0 Å². The van der Waals surface area contributed by atoms with Crippen molar-refractivity contribution in [3.05, 3.63) is 122 Å². The molecule has 0 aliphatic carbocycles. The Morgan fingerprint density at radius 3 is 1.62 bits per heavy atom. The first-order valence-corrected chi connectivity index (χ1v) is 25.4. The lowest BCUT2D eigenvalue weighted by atomic mass is 10.2. The van der Waals surface area contributed by atoms with Crippen molar-refractivity contribution < 1.29 is 66.7 Å². The molecule has 64 heavy (non-hydrogen) atoms. The van der Waals surface area contributed by atoms with E-state index in [1.54, 1.807) is 24.3 Å². The van der Waals surface area contributed by atoms with Gasteiger partial charge in [-0.25, -0.2) is 9.13 Å². The van der Waals surface area contributed by atoms with E-state index in [4.69, 9.17) is 23.8 Å². The summed E-state index contributed by atoms with van der Waals surface area (Å²) >= 11 is 0. The molecule has 16 heteroatoms. The summed E-state index contributed by atoms with van der Waals surface area (Å²) in [6.07, 6.45) is 49.4. The van der Waals surface area contributed by atoms with Gasteiger partial charge in [-0.2, -0.15) is 0 Å². The van der Waals surface area contributed by atoms with Crippen molar-refractivity contribution in [2.75, 3.05) is 26.4 Å². The van der Waals surface area contributed by atoms with E-state index in [1.165, 1.54) is 19.3 Å². The fraction of sp³-hybridized carbons (Fsp3) is 0.542. The van der Waals surface area contributed by atoms with Gasteiger partial charge in [0.2, 0.25) is 0 Å². The molecule has 0 fully saturated rings. The van der Waals surface area contributed by atoms with E-state index in [2.05, 4.69) is 95.8 Å². The maximum absolute atomic E-state index is 12.7. The Balaban J connectivity index is 4.82. The number of aliphatic hydroxyl groups is 2. The summed E-state index contributed by atoms with van der Waals surface area (Å²) in [7, 11) is -9.77. The molecule has 0 spiro atoms.